The van der Waals surface area contributed by atoms with Gasteiger partial charge < -0.3 is 14.5 Å². The van der Waals surface area contributed by atoms with Crippen LogP contribution in [-0.2, 0) is 23.2 Å². The average Bonchev–Trinajstić information content (AvgIpc) is 2.48. The van der Waals surface area contributed by atoms with Crippen LogP contribution in [0.25, 0.3) is 0 Å². The van der Waals surface area contributed by atoms with E-state index in [1.54, 1.807) is 21.1 Å². The topological polar surface area (TPSA) is 108 Å². The fraction of sp³-hybridized carbons (Fsp3) is 0.938. The average molecular weight is 398 g/mol. The highest BCUT2D eigenvalue weighted by Gasteiger charge is 2.24. The number of carbonyl (C=O) groups excluding carboxylic acids is 1. The largest absolute Gasteiger partial charge is 0.804 e. The lowest BCUT2D eigenvalue weighted by Crippen LogP contribution is -2.55. The molecule has 0 aliphatic rings. The minimum atomic E-state index is -4.20. The first-order valence-electron chi connectivity index (χ1n) is 8.77. The predicted octanol–water partition coefficient (Wildman–Crippen LogP) is 1.26. The highest BCUT2D eigenvalue weighted by atomic mass is 31.2. The molecule has 0 spiro atoms. The van der Waals surface area contributed by atoms with Gasteiger partial charge in [0, 0.05) is 12.8 Å². The summed E-state index contributed by atoms with van der Waals surface area (Å²) in [6.07, 6.45) is 2.41. The summed E-state index contributed by atoms with van der Waals surface area (Å²) in [6, 6.07) is 0. The first-order valence-corrected chi connectivity index (χ1v) is 10.3. The molecule has 0 saturated heterocycles. The van der Waals surface area contributed by atoms with Gasteiger partial charge in [-0.25, -0.2) is 9.63 Å². The Morgan fingerprint density at radius 1 is 1.15 bits per heavy atom. The van der Waals surface area contributed by atoms with E-state index in [4.69, 9.17) is 13.9 Å². The van der Waals surface area contributed by atoms with Gasteiger partial charge in [-0.15, -0.1) is 0 Å². The van der Waals surface area contributed by atoms with E-state index in [1.165, 1.54) is 5.06 Å². The second-order valence-corrected chi connectivity index (χ2v) is 9.49. The number of hydroxylamine groups is 2. The molecule has 1 amide bonds. The number of phosphoric acid groups is 1. The van der Waals surface area contributed by atoms with Gasteiger partial charge in [-0.2, -0.15) is 0 Å². The summed E-state index contributed by atoms with van der Waals surface area (Å²) in [5, 5.41) is 13.0. The Morgan fingerprint density at radius 3 is 2.23 bits per heavy atom. The van der Waals surface area contributed by atoms with Crippen molar-refractivity contribution >= 4 is 14.2 Å². The number of likely N-dealkylation sites (N-methyl/N-ethyl adjacent to an activating group) is 1. The second-order valence-electron chi connectivity index (χ2n) is 8.03. The summed E-state index contributed by atoms with van der Waals surface area (Å²) < 4.78 is 21.4. The number of quaternary nitrogens is 1. The Hall–Kier alpha value is -0.540. The Labute approximate surface area is 157 Å². The molecule has 0 aromatic carbocycles. The minimum Gasteiger partial charge on any atom is -0.804 e. The van der Waals surface area contributed by atoms with E-state index in [0.29, 0.717) is 19.4 Å². The molecule has 9 nitrogen and oxygen atoms in total. The van der Waals surface area contributed by atoms with E-state index in [2.05, 4.69) is 0 Å². The van der Waals surface area contributed by atoms with Crippen LogP contribution in [0, 0.1) is 0 Å². The Balaban J connectivity index is 3.85. The summed E-state index contributed by atoms with van der Waals surface area (Å²) >= 11 is 0. The molecule has 26 heavy (non-hydrogen) atoms. The highest BCUT2D eigenvalue weighted by Crippen LogP contribution is 2.43. The van der Waals surface area contributed by atoms with Gasteiger partial charge in [-0.1, -0.05) is 12.8 Å². The van der Waals surface area contributed by atoms with Gasteiger partial charge in [0.05, 0.1) is 40.0 Å². The number of amides is 1. The molecule has 2 unspecified atom stereocenters. The molecule has 0 aromatic rings. The monoisotopic (exact) mass is 398 g/mol. The van der Waals surface area contributed by atoms with Crippen molar-refractivity contribution in [1.29, 1.82) is 0 Å². The number of carbonyl (C=O) groups is 1. The zero-order valence-corrected chi connectivity index (χ0v) is 17.7. The summed E-state index contributed by atoms with van der Waals surface area (Å²) in [5.74, 6) is 0. The second kappa shape index (κ2) is 11.3. The molecule has 0 aliphatic carbocycles. The molecule has 0 aromatic heterocycles. The van der Waals surface area contributed by atoms with Gasteiger partial charge >= 0.3 is 7.82 Å². The molecule has 0 heterocycles. The van der Waals surface area contributed by atoms with Crippen molar-refractivity contribution in [2.45, 2.75) is 58.3 Å². The molecule has 0 bridgehead atoms. The van der Waals surface area contributed by atoms with Crippen molar-refractivity contribution in [1.82, 2.24) is 5.06 Å². The van der Waals surface area contributed by atoms with Crippen molar-refractivity contribution in [2.24, 2.45) is 0 Å². The highest BCUT2D eigenvalue weighted by molar-refractivity contribution is 7.47. The van der Waals surface area contributed by atoms with Crippen LogP contribution < -0.4 is 5.11 Å². The summed E-state index contributed by atoms with van der Waals surface area (Å²) in [6.45, 7) is 5.76. The van der Waals surface area contributed by atoms with Crippen molar-refractivity contribution in [3.8, 4) is 0 Å². The molecule has 0 radical (unpaired) electrons. The lowest BCUT2D eigenvalue weighted by atomic mass is 10.2. The van der Waals surface area contributed by atoms with Crippen molar-refractivity contribution in [3.05, 3.63) is 0 Å². The Kier molecular flexibility index (Phi) is 11.1. The Morgan fingerprint density at radius 2 is 1.73 bits per heavy atom. The number of hydrogen-bond donors (Lipinski definition) is 1. The fourth-order valence-corrected chi connectivity index (χ4v) is 2.54. The van der Waals surface area contributed by atoms with Crippen LogP contribution in [0.15, 0.2) is 0 Å². The zero-order valence-electron chi connectivity index (χ0n) is 16.8. The number of unbranched alkanes of at least 4 members (excludes halogenated alkanes) is 3. The zero-order chi connectivity index (χ0) is 20.4. The molecule has 0 fully saturated rings. The van der Waals surface area contributed by atoms with Crippen LogP contribution in [0.2, 0.25) is 0 Å². The standard InChI is InChI=1S/C16H35N2O7P/c1-16(2,3)25-17(14-19)11-9-7-8-10-12-23-26(21,22)24-13-15(20)18(4,5)6/h14-15H,7-13H2,1-6H3,(H,21,22). The molecule has 0 rings (SSSR count). The molecule has 0 aliphatic heterocycles. The minimum absolute atomic E-state index is 0.0670. The van der Waals surface area contributed by atoms with E-state index < -0.39 is 26.3 Å². The summed E-state index contributed by atoms with van der Waals surface area (Å²) in [5.41, 5.74) is -0.425. The molecule has 156 valence electrons. The third-order valence-corrected chi connectivity index (χ3v) is 4.26. The third-order valence-electron chi connectivity index (χ3n) is 3.28. The van der Waals surface area contributed by atoms with Crippen molar-refractivity contribution < 1.29 is 37.7 Å². The predicted molar refractivity (Wildman–Crippen MR) is 95.6 cm³/mol. The number of rotatable bonds is 14. The van der Waals surface area contributed by atoms with E-state index in [1.807, 2.05) is 20.8 Å². The maximum atomic E-state index is 11.7. The Bertz CT molecular complexity index is 449. The SMILES string of the molecule is CC(C)(C)ON(C=O)CCCCCCOP(=O)(O)OCC([O-])[N+](C)(C)C. The maximum Gasteiger partial charge on any atom is 0.472 e. The van der Waals surface area contributed by atoms with Gasteiger partial charge in [0.15, 0.2) is 0 Å². The number of phosphoric ester groups is 1. The van der Waals surface area contributed by atoms with Crippen LogP contribution in [-0.4, -0.2) is 73.6 Å². The number of nitrogens with zero attached hydrogens (tertiary/aromatic N) is 2. The van der Waals surface area contributed by atoms with E-state index in [-0.39, 0.29) is 11.1 Å². The van der Waals surface area contributed by atoms with Crippen molar-refractivity contribution in [2.75, 3.05) is 40.9 Å². The van der Waals surface area contributed by atoms with Crippen LogP contribution in [0.1, 0.15) is 46.5 Å². The van der Waals surface area contributed by atoms with E-state index >= 15 is 0 Å². The lowest BCUT2D eigenvalue weighted by molar-refractivity contribution is -0.969. The van der Waals surface area contributed by atoms with Crippen LogP contribution in [0.5, 0.6) is 0 Å². The van der Waals surface area contributed by atoms with Crippen LogP contribution in [0.3, 0.4) is 0 Å². The molecule has 0 saturated carbocycles. The maximum absolute atomic E-state index is 11.7. The van der Waals surface area contributed by atoms with Crippen LogP contribution in [0.4, 0.5) is 0 Å². The summed E-state index contributed by atoms with van der Waals surface area (Å²) in [4.78, 5) is 25.9. The smallest absolute Gasteiger partial charge is 0.472 e. The molecule has 1 N–H and O–H groups in total. The van der Waals surface area contributed by atoms with E-state index in [0.717, 1.165) is 19.3 Å². The molecular formula is C16H35N2O7P. The lowest BCUT2D eigenvalue weighted by Gasteiger charge is -2.38. The van der Waals surface area contributed by atoms with E-state index in [9.17, 15) is 19.4 Å². The van der Waals surface area contributed by atoms with Crippen molar-refractivity contribution in [3.63, 3.8) is 0 Å². The first-order chi connectivity index (χ1) is 11.8. The molecule has 2 atom stereocenters. The van der Waals surface area contributed by atoms with Gasteiger partial charge in [0.25, 0.3) is 0 Å². The number of hydrogen-bond acceptors (Lipinski definition) is 6. The summed E-state index contributed by atoms with van der Waals surface area (Å²) in [7, 11) is 0.849. The fourth-order valence-electron chi connectivity index (χ4n) is 1.79. The van der Waals surface area contributed by atoms with Gasteiger partial charge in [0.1, 0.15) is 0 Å². The quantitative estimate of drug-likeness (QED) is 0.117. The first kappa shape index (κ1) is 25.5. The van der Waals surface area contributed by atoms with Crippen LogP contribution >= 0.6 is 7.82 Å². The normalized spacial score (nSPS) is 16.2. The molecule has 10 heteroatoms. The van der Waals surface area contributed by atoms with Gasteiger partial charge in [-0.05, 0) is 33.6 Å². The third kappa shape index (κ3) is 13.6. The van der Waals surface area contributed by atoms with Gasteiger partial charge in [0.2, 0.25) is 6.41 Å². The molecular weight excluding hydrogens is 363 g/mol. The van der Waals surface area contributed by atoms with Gasteiger partial charge in [-0.3, -0.25) is 18.7 Å².